The predicted octanol–water partition coefficient (Wildman–Crippen LogP) is 3.06. The molecule has 1 saturated heterocycles. The Morgan fingerprint density at radius 2 is 2.12 bits per heavy atom. The number of nitrogens with zero attached hydrogens (tertiary/aromatic N) is 2. The highest BCUT2D eigenvalue weighted by atomic mass is 35.5. The van der Waals surface area contributed by atoms with Gasteiger partial charge in [-0.15, -0.1) is 0 Å². The molecule has 1 heterocycles. The molecule has 0 amide bonds. The number of thioether (sulfide) groups is 1. The lowest BCUT2D eigenvalue weighted by Crippen LogP contribution is -2.35. The van der Waals surface area contributed by atoms with Crippen molar-refractivity contribution in [2.75, 3.05) is 26.0 Å². The smallest absolute Gasteiger partial charge is 0.137 e. The first-order valence-electron chi connectivity index (χ1n) is 5.50. The minimum atomic E-state index is 0.786. The zero-order chi connectivity index (χ0) is 12.3. The lowest BCUT2D eigenvalue weighted by molar-refractivity contribution is 0.229. The van der Waals surface area contributed by atoms with Gasteiger partial charge in [0.05, 0.1) is 6.67 Å². The molecule has 2 rings (SSSR count). The zero-order valence-corrected chi connectivity index (χ0v) is 12.1. The topological polar surface area (TPSA) is 6.48 Å². The van der Waals surface area contributed by atoms with Gasteiger partial charge in [0.1, 0.15) is 4.32 Å². The van der Waals surface area contributed by atoms with Gasteiger partial charge in [-0.3, -0.25) is 4.90 Å². The first-order valence-corrected chi connectivity index (χ1v) is 7.27. The van der Waals surface area contributed by atoms with Crippen molar-refractivity contribution >= 4 is 39.9 Å². The minimum absolute atomic E-state index is 0.786. The molecule has 1 aromatic carbocycles. The van der Waals surface area contributed by atoms with Gasteiger partial charge >= 0.3 is 0 Å². The molecule has 1 aliphatic rings. The predicted molar refractivity (Wildman–Crippen MR) is 79.5 cm³/mol. The van der Waals surface area contributed by atoms with Crippen LogP contribution in [0.25, 0.3) is 0 Å². The Hall–Kier alpha value is -0.290. The average molecular weight is 287 g/mol. The third kappa shape index (κ3) is 3.85. The number of hydrogen-bond acceptors (Lipinski definition) is 3. The van der Waals surface area contributed by atoms with Gasteiger partial charge in [0, 0.05) is 23.9 Å². The van der Waals surface area contributed by atoms with Crippen LogP contribution in [-0.2, 0) is 6.54 Å². The number of benzene rings is 1. The van der Waals surface area contributed by atoms with Gasteiger partial charge in [-0.2, -0.15) is 0 Å². The summed E-state index contributed by atoms with van der Waals surface area (Å²) in [6.45, 7) is 2.88. The SMILES string of the molecule is CN(Cc1ccc(Cl)cc1)CN1CCSC1=S. The van der Waals surface area contributed by atoms with E-state index in [0.29, 0.717) is 0 Å². The molecule has 0 bridgehead atoms. The average Bonchev–Trinajstić information content (AvgIpc) is 2.68. The van der Waals surface area contributed by atoms with Crippen LogP contribution >= 0.6 is 35.6 Å². The highest BCUT2D eigenvalue weighted by Gasteiger charge is 2.18. The van der Waals surface area contributed by atoms with Gasteiger partial charge in [-0.25, -0.2) is 0 Å². The van der Waals surface area contributed by atoms with Crippen LogP contribution in [0.4, 0.5) is 0 Å². The first kappa shape index (κ1) is 13.1. The third-order valence-electron chi connectivity index (χ3n) is 2.62. The molecule has 17 heavy (non-hydrogen) atoms. The quantitative estimate of drug-likeness (QED) is 0.785. The molecule has 0 N–H and O–H groups in total. The van der Waals surface area contributed by atoms with Gasteiger partial charge in [-0.05, 0) is 24.7 Å². The van der Waals surface area contributed by atoms with Crippen molar-refractivity contribution in [1.82, 2.24) is 9.80 Å². The molecule has 0 unspecified atom stereocenters. The fourth-order valence-electron chi connectivity index (χ4n) is 1.80. The van der Waals surface area contributed by atoms with E-state index in [-0.39, 0.29) is 0 Å². The lowest BCUT2D eigenvalue weighted by Gasteiger charge is -2.24. The normalized spacial score (nSPS) is 15.9. The fraction of sp³-hybridized carbons (Fsp3) is 0.417. The molecule has 2 nitrogen and oxygen atoms in total. The molecular weight excluding hydrogens is 272 g/mol. The Labute approximate surface area is 117 Å². The summed E-state index contributed by atoms with van der Waals surface area (Å²) in [4.78, 5) is 4.51. The summed E-state index contributed by atoms with van der Waals surface area (Å²) >= 11 is 12.9. The van der Waals surface area contributed by atoms with E-state index in [1.54, 1.807) is 11.8 Å². The molecule has 0 spiro atoms. The van der Waals surface area contributed by atoms with E-state index in [0.717, 1.165) is 34.9 Å². The van der Waals surface area contributed by atoms with Gasteiger partial charge in [0.15, 0.2) is 0 Å². The van der Waals surface area contributed by atoms with Crippen LogP contribution < -0.4 is 0 Å². The van der Waals surface area contributed by atoms with E-state index >= 15 is 0 Å². The van der Waals surface area contributed by atoms with Crippen LogP contribution in [0.5, 0.6) is 0 Å². The molecule has 5 heteroatoms. The molecule has 0 aliphatic carbocycles. The van der Waals surface area contributed by atoms with Crippen molar-refractivity contribution in [3.05, 3.63) is 34.9 Å². The van der Waals surface area contributed by atoms with Crippen molar-refractivity contribution < 1.29 is 0 Å². The van der Waals surface area contributed by atoms with E-state index in [4.69, 9.17) is 23.8 Å². The fourth-order valence-corrected chi connectivity index (χ4v) is 3.14. The Morgan fingerprint density at radius 1 is 1.41 bits per heavy atom. The number of hydrogen-bond donors (Lipinski definition) is 0. The maximum absolute atomic E-state index is 5.86. The second kappa shape index (κ2) is 6.05. The van der Waals surface area contributed by atoms with Crippen LogP contribution in [0.2, 0.25) is 5.02 Å². The third-order valence-corrected chi connectivity index (χ3v) is 4.38. The molecule has 0 aromatic heterocycles. The molecule has 1 fully saturated rings. The second-order valence-electron chi connectivity index (χ2n) is 4.16. The van der Waals surface area contributed by atoms with Crippen LogP contribution in [0.3, 0.4) is 0 Å². The van der Waals surface area contributed by atoms with Gasteiger partial charge in [0.2, 0.25) is 0 Å². The van der Waals surface area contributed by atoms with E-state index < -0.39 is 0 Å². The van der Waals surface area contributed by atoms with Crippen LogP contribution in [0.1, 0.15) is 5.56 Å². The maximum Gasteiger partial charge on any atom is 0.137 e. The largest absolute Gasteiger partial charge is 0.344 e. The summed E-state index contributed by atoms with van der Waals surface area (Å²) in [6.07, 6.45) is 0. The van der Waals surface area contributed by atoms with Crippen molar-refractivity contribution in [2.24, 2.45) is 0 Å². The zero-order valence-electron chi connectivity index (χ0n) is 9.73. The molecule has 0 atom stereocenters. The summed E-state index contributed by atoms with van der Waals surface area (Å²) in [6, 6.07) is 7.99. The van der Waals surface area contributed by atoms with Gasteiger partial charge in [0.25, 0.3) is 0 Å². The van der Waals surface area contributed by atoms with E-state index in [1.165, 1.54) is 5.56 Å². The van der Waals surface area contributed by atoms with Gasteiger partial charge in [-0.1, -0.05) is 47.7 Å². The van der Waals surface area contributed by atoms with Gasteiger partial charge < -0.3 is 4.90 Å². The Kier molecular flexibility index (Phi) is 4.68. The van der Waals surface area contributed by atoms with Crippen LogP contribution in [-0.4, -0.2) is 40.1 Å². The van der Waals surface area contributed by atoms with Crippen molar-refractivity contribution in [1.29, 1.82) is 0 Å². The summed E-state index contributed by atoms with van der Waals surface area (Å²) in [5.74, 6) is 1.12. The summed E-state index contributed by atoms with van der Waals surface area (Å²) in [5, 5.41) is 0.786. The number of halogens is 1. The second-order valence-corrected chi connectivity index (χ2v) is 6.33. The molecule has 0 radical (unpaired) electrons. The highest BCUT2D eigenvalue weighted by Crippen LogP contribution is 2.18. The van der Waals surface area contributed by atoms with Crippen molar-refractivity contribution in [3.8, 4) is 0 Å². The minimum Gasteiger partial charge on any atom is -0.344 e. The first-order chi connectivity index (χ1) is 8.15. The van der Waals surface area contributed by atoms with Crippen LogP contribution in [0, 0.1) is 0 Å². The van der Waals surface area contributed by atoms with E-state index in [2.05, 4.69) is 29.0 Å². The number of rotatable bonds is 4. The van der Waals surface area contributed by atoms with Crippen molar-refractivity contribution in [2.45, 2.75) is 6.54 Å². The van der Waals surface area contributed by atoms with E-state index in [1.807, 2.05) is 12.1 Å². The molecule has 92 valence electrons. The molecule has 0 saturated carbocycles. The summed E-state index contributed by atoms with van der Waals surface area (Å²) < 4.78 is 1.02. The Bertz CT molecular complexity index is 394. The summed E-state index contributed by atoms with van der Waals surface area (Å²) in [7, 11) is 2.11. The maximum atomic E-state index is 5.86. The molecular formula is C12H15ClN2S2. The van der Waals surface area contributed by atoms with Crippen molar-refractivity contribution in [3.63, 3.8) is 0 Å². The van der Waals surface area contributed by atoms with Crippen LogP contribution in [0.15, 0.2) is 24.3 Å². The molecule has 1 aromatic rings. The monoisotopic (exact) mass is 286 g/mol. The molecule has 1 aliphatic heterocycles. The standard InChI is InChI=1S/C12H15ClN2S2/c1-14(9-15-6-7-17-12(15)16)8-10-2-4-11(13)5-3-10/h2-5H,6-9H2,1H3. The Morgan fingerprint density at radius 3 is 2.71 bits per heavy atom. The number of thiocarbonyl (C=S) groups is 1. The highest BCUT2D eigenvalue weighted by molar-refractivity contribution is 8.23. The Balaban J connectivity index is 1.86. The lowest BCUT2D eigenvalue weighted by atomic mass is 10.2. The van der Waals surface area contributed by atoms with E-state index in [9.17, 15) is 0 Å². The summed E-state index contributed by atoms with van der Waals surface area (Å²) in [5.41, 5.74) is 1.27.